The Kier molecular flexibility index (Phi) is 5.57. The van der Waals surface area contributed by atoms with Crippen molar-refractivity contribution < 1.29 is 9.13 Å². The molecule has 1 N–H and O–H groups in total. The Hall–Kier alpha value is -1.23. The van der Waals surface area contributed by atoms with Crippen LogP contribution in [0.5, 0.6) is 0 Å². The zero-order valence-corrected chi connectivity index (χ0v) is 17.1. The molecule has 0 unspecified atom stereocenters. The highest BCUT2D eigenvalue weighted by molar-refractivity contribution is 7.09. The third-order valence-electron chi connectivity index (χ3n) is 5.20. The van der Waals surface area contributed by atoms with Crippen molar-refractivity contribution in [2.24, 2.45) is 0 Å². The van der Waals surface area contributed by atoms with E-state index in [1.54, 1.807) is 23.5 Å². The van der Waals surface area contributed by atoms with Gasteiger partial charge in [0.15, 0.2) is 0 Å². The normalized spacial score (nSPS) is 20.8. The van der Waals surface area contributed by atoms with Crippen LogP contribution in [0.2, 0.25) is 0 Å². The second-order valence-corrected chi connectivity index (χ2v) is 9.80. The molecule has 1 aliphatic rings. The number of ether oxygens (including phenoxy) is 1. The first-order valence-electron chi connectivity index (χ1n) is 9.39. The number of thiophene rings is 1. The topological polar surface area (TPSA) is 21.3 Å². The van der Waals surface area contributed by atoms with E-state index in [4.69, 9.17) is 4.74 Å². The van der Waals surface area contributed by atoms with Gasteiger partial charge in [-0.15, -0.1) is 11.3 Å². The number of nitrogens with one attached hydrogen (secondary N) is 1. The van der Waals surface area contributed by atoms with Crippen molar-refractivity contribution in [1.82, 2.24) is 5.32 Å². The molecule has 0 amide bonds. The van der Waals surface area contributed by atoms with Gasteiger partial charge in [0.1, 0.15) is 5.82 Å². The summed E-state index contributed by atoms with van der Waals surface area (Å²) in [6.45, 7) is 10.5. The maximum atomic E-state index is 13.5. The Morgan fingerprint density at radius 2 is 1.69 bits per heavy atom. The summed E-state index contributed by atoms with van der Waals surface area (Å²) >= 11 is 1.78. The fourth-order valence-electron chi connectivity index (χ4n) is 4.79. The first kappa shape index (κ1) is 19.5. The summed E-state index contributed by atoms with van der Waals surface area (Å²) in [7, 11) is 0. The predicted octanol–water partition coefficient (Wildman–Crippen LogP) is 5.67. The smallest absolute Gasteiger partial charge is 0.123 e. The third-order valence-corrected chi connectivity index (χ3v) is 6.07. The lowest BCUT2D eigenvalue weighted by molar-refractivity contribution is -0.181. The molecule has 0 aliphatic carbocycles. The second-order valence-electron chi connectivity index (χ2n) is 8.77. The fourth-order valence-corrected chi connectivity index (χ4v) is 5.47. The molecule has 3 rings (SSSR count). The van der Waals surface area contributed by atoms with E-state index >= 15 is 0 Å². The Balaban J connectivity index is 1.80. The standard InChI is InChI=1S/C22H30FNOS/c1-20(2)15-22(16-21(3,4)25-20,17-7-9-18(23)10-8-17)11-12-24-14-19-6-5-13-26-19/h5-10,13,24H,11-12,14-16H2,1-4H3. The lowest BCUT2D eigenvalue weighted by Crippen LogP contribution is -2.53. The summed E-state index contributed by atoms with van der Waals surface area (Å²) in [5.74, 6) is -0.176. The minimum Gasteiger partial charge on any atom is -0.370 e. The Morgan fingerprint density at radius 1 is 1.04 bits per heavy atom. The number of hydrogen-bond acceptors (Lipinski definition) is 3. The van der Waals surface area contributed by atoms with E-state index in [9.17, 15) is 4.39 Å². The highest BCUT2D eigenvalue weighted by atomic mass is 32.1. The first-order valence-corrected chi connectivity index (χ1v) is 10.3. The van der Waals surface area contributed by atoms with Gasteiger partial charge in [-0.2, -0.15) is 0 Å². The van der Waals surface area contributed by atoms with E-state index in [1.165, 1.54) is 10.4 Å². The molecule has 4 heteroatoms. The molecule has 1 aromatic carbocycles. The molecule has 0 saturated carbocycles. The molecule has 1 aromatic heterocycles. The summed E-state index contributed by atoms with van der Waals surface area (Å²) in [5, 5.41) is 5.70. The van der Waals surface area contributed by atoms with Crippen LogP contribution in [0.1, 0.15) is 57.4 Å². The second kappa shape index (κ2) is 7.41. The molecule has 1 aliphatic heterocycles. The maximum Gasteiger partial charge on any atom is 0.123 e. The molecule has 2 nitrogen and oxygen atoms in total. The van der Waals surface area contributed by atoms with Crippen molar-refractivity contribution in [3.8, 4) is 0 Å². The molecular weight excluding hydrogens is 345 g/mol. The van der Waals surface area contributed by atoms with Gasteiger partial charge < -0.3 is 10.1 Å². The average molecular weight is 376 g/mol. The molecule has 0 bridgehead atoms. The van der Waals surface area contributed by atoms with Gasteiger partial charge in [-0.05, 0) is 82.6 Å². The lowest BCUT2D eigenvalue weighted by atomic mass is 9.63. The van der Waals surface area contributed by atoms with Crippen molar-refractivity contribution >= 4 is 11.3 Å². The van der Waals surface area contributed by atoms with Gasteiger partial charge in [0, 0.05) is 16.8 Å². The molecule has 26 heavy (non-hydrogen) atoms. The van der Waals surface area contributed by atoms with Gasteiger partial charge in [0.2, 0.25) is 0 Å². The van der Waals surface area contributed by atoms with E-state index in [1.807, 2.05) is 12.1 Å². The van der Waals surface area contributed by atoms with Crippen molar-refractivity contribution in [3.05, 3.63) is 58.0 Å². The third kappa shape index (κ3) is 4.73. The zero-order chi connectivity index (χ0) is 18.8. The van der Waals surface area contributed by atoms with Gasteiger partial charge in [0.25, 0.3) is 0 Å². The molecule has 1 saturated heterocycles. The number of benzene rings is 1. The maximum absolute atomic E-state index is 13.5. The molecule has 0 radical (unpaired) electrons. The Morgan fingerprint density at radius 3 is 2.27 bits per heavy atom. The summed E-state index contributed by atoms with van der Waals surface area (Å²) in [4.78, 5) is 1.36. The highest BCUT2D eigenvalue weighted by Crippen LogP contribution is 2.49. The Labute approximate surface area is 160 Å². The number of halogens is 1. The predicted molar refractivity (Wildman–Crippen MR) is 107 cm³/mol. The molecule has 2 aromatic rings. The van der Waals surface area contributed by atoms with Crippen LogP contribution in [0, 0.1) is 5.82 Å². The van der Waals surface area contributed by atoms with E-state index in [0.29, 0.717) is 0 Å². The van der Waals surface area contributed by atoms with Crippen LogP contribution in [0.25, 0.3) is 0 Å². The van der Waals surface area contributed by atoms with Crippen LogP contribution in [0.3, 0.4) is 0 Å². The molecule has 2 heterocycles. The number of rotatable bonds is 6. The van der Waals surface area contributed by atoms with Gasteiger partial charge >= 0.3 is 0 Å². The van der Waals surface area contributed by atoms with E-state index in [2.05, 4.69) is 50.5 Å². The molecule has 0 spiro atoms. The van der Waals surface area contributed by atoms with Gasteiger partial charge in [-0.1, -0.05) is 18.2 Å². The molecule has 142 valence electrons. The van der Waals surface area contributed by atoms with Crippen molar-refractivity contribution in [2.75, 3.05) is 6.54 Å². The molecule has 0 atom stereocenters. The average Bonchev–Trinajstić information content (AvgIpc) is 3.02. The summed E-state index contributed by atoms with van der Waals surface area (Å²) in [5.41, 5.74) is 0.802. The summed E-state index contributed by atoms with van der Waals surface area (Å²) in [6, 6.07) is 11.4. The SMILES string of the molecule is CC1(C)CC(CCNCc2cccs2)(c2ccc(F)cc2)CC(C)(C)O1. The highest BCUT2D eigenvalue weighted by Gasteiger charge is 2.48. The van der Waals surface area contributed by atoms with Crippen molar-refractivity contribution in [2.45, 2.75) is 70.1 Å². The largest absolute Gasteiger partial charge is 0.370 e. The van der Waals surface area contributed by atoms with Crippen molar-refractivity contribution in [3.63, 3.8) is 0 Å². The quantitative estimate of drug-likeness (QED) is 0.657. The van der Waals surface area contributed by atoms with Gasteiger partial charge in [-0.25, -0.2) is 4.39 Å². The van der Waals surface area contributed by atoms with E-state index in [-0.39, 0.29) is 22.4 Å². The minimum atomic E-state index is -0.204. The van der Waals surface area contributed by atoms with Gasteiger partial charge in [0.05, 0.1) is 11.2 Å². The van der Waals surface area contributed by atoms with Crippen LogP contribution >= 0.6 is 11.3 Å². The number of hydrogen-bond donors (Lipinski definition) is 1. The van der Waals surface area contributed by atoms with Crippen LogP contribution in [-0.2, 0) is 16.7 Å². The first-order chi connectivity index (χ1) is 12.2. The molecular formula is C22H30FNOS. The van der Waals surface area contributed by atoms with E-state index in [0.717, 1.165) is 32.4 Å². The fraction of sp³-hybridized carbons (Fsp3) is 0.545. The van der Waals surface area contributed by atoms with Crippen LogP contribution in [-0.4, -0.2) is 17.7 Å². The van der Waals surface area contributed by atoms with Crippen LogP contribution in [0.15, 0.2) is 41.8 Å². The van der Waals surface area contributed by atoms with E-state index < -0.39 is 0 Å². The Bertz CT molecular complexity index is 690. The monoisotopic (exact) mass is 375 g/mol. The van der Waals surface area contributed by atoms with Gasteiger partial charge in [-0.3, -0.25) is 0 Å². The van der Waals surface area contributed by atoms with Crippen LogP contribution in [0.4, 0.5) is 4.39 Å². The van der Waals surface area contributed by atoms with Crippen LogP contribution < -0.4 is 5.32 Å². The summed E-state index contributed by atoms with van der Waals surface area (Å²) in [6.07, 6.45) is 2.89. The zero-order valence-electron chi connectivity index (χ0n) is 16.3. The lowest BCUT2D eigenvalue weighted by Gasteiger charge is -2.52. The van der Waals surface area contributed by atoms with Crippen molar-refractivity contribution in [1.29, 1.82) is 0 Å². The summed E-state index contributed by atoms with van der Waals surface area (Å²) < 4.78 is 19.8. The minimum absolute atomic E-state index is 0.0125. The molecule has 1 fully saturated rings.